The molecule has 0 atom stereocenters. The predicted molar refractivity (Wildman–Crippen MR) is 82.7 cm³/mol. The predicted octanol–water partition coefficient (Wildman–Crippen LogP) is 3.14. The number of aliphatic hydroxyl groups is 1. The molecular formula is C17H19NO3. The molecule has 0 radical (unpaired) electrons. The average Bonchev–Trinajstić information content (AvgIpc) is 2.49. The van der Waals surface area contributed by atoms with Crippen molar-refractivity contribution in [3.63, 3.8) is 0 Å². The zero-order valence-corrected chi connectivity index (χ0v) is 12.2. The molecule has 2 rings (SSSR count). The summed E-state index contributed by atoms with van der Waals surface area (Å²) in [6, 6.07) is 12.6. The van der Waals surface area contributed by atoms with Crippen molar-refractivity contribution in [2.24, 2.45) is 0 Å². The largest absolute Gasteiger partial charge is 0.494 e. The number of amides is 1. The number of ether oxygens (including phenoxy) is 1. The molecule has 2 aromatic carbocycles. The molecule has 0 saturated heterocycles. The highest BCUT2D eigenvalue weighted by atomic mass is 16.5. The van der Waals surface area contributed by atoms with Gasteiger partial charge in [-0.05, 0) is 44.2 Å². The fourth-order valence-electron chi connectivity index (χ4n) is 2.07. The van der Waals surface area contributed by atoms with Crippen molar-refractivity contribution < 1.29 is 14.6 Å². The lowest BCUT2D eigenvalue weighted by molar-refractivity contribution is 0.102. The van der Waals surface area contributed by atoms with Gasteiger partial charge in [0.2, 0.25) is 0 Å². The van der Waals surface area contributed by atoms with Gasteiger partial charge in [-0.2, -0.15) is 0 Å². The summed E-state index contributed by atoms with van der Waals surface area (Å²) in [6.45, 7) is 4.22. The standard InChI is InChI=1S/C17H19NO3/c1-3-21-16-8-7-15(10-14(16)11-19)18-17(20)13-6-4-5-12(2)9-13/h4-10,19H,3,11H2,1-2H3,(H,18,20). The van der Waals surface area contributed by atoms with E-state index in [0.717, 1.165) is 5.56 Å². The van der Waals surface area contributed by atoms with Crippen molar-refractivity contribution in [3.05, 3.63) is 59.2 Å². The van der Waals surface area contributed by atoms with Gasteiger partial charge in [0.1, 0.15) is 5.75 Å². The van der Waals surface area contributed by atoms with Crippen molar-refractivity contribution in [2.45, 2.75) is 20.5 Å². The van der Waals surface area contributed by atoms with Gasteiger partial charge in [0.15, 0.2) is 0 Å². The Morgan fingerprint density at radius 2 is 2.05 bits per heavy atom. The molecule has 2 N–H and O–H groups in total. The van der Waals surface area contributed by atoms with Crippen LogP contribution in [0.25, 0.3) is 0 Å². The van der Waals surface area contributed by atoms with Crippen LogP contribution in [-0.2, 0) is 6.61 Å². The van der Waals surface area contributed by atoms with Gasteiger partial charge in [0, 0.05) is 16.8 Å². The minimum absolute atomic E-state index is 0.135. The monoisotopic (exact) mass is 285 g/mol. The average molecular weight is 285 g/mol. The normalized spacial score (nSPS) is 10.2. The Morgan fingerprint density at radius 3 is 2.71 bits per heavy atom. The van der Waals surface area contributed by atoms with Gasteiger partial charge in [-0.3, -0.25) is 4.79 Å². The molecule has 0 unspecified atom stereocenters. The van der Waals surface area contributed by atoms with Crippen molar-refractivity contribution >= 4 is 11.6 Å². The Hall–Kier alpha value is -2.33. The molecule has 110 valence electrons. The first-order valence-corrected chi connectivity index (χ1v) is 6.88. The molecule has 4 nitrogen and oxygen atoms in total. The van der Waals surface area contributed by atoms with E-state index in [1.807, 2.05) is 32.0 Å². The van der Waals surface area contributed by atoms with Crippen LogP contribution in [0.1, 0.15) is 28.4 Å². The van der Waals surface area contributed by atoms with E-state index in [-0.39, 0.29) is 12.5 Å². The summed E-state index contributed by atoms with van der Waals surface area (Å²) in [5.41, 5.74) is 2.92. The number of hydrogen-bond acceptors (Lipinski definition) is 3. The third-order valence-corrected chi connectivity index (χ3v) is 3.07. The number of carbonyl (C=O) groups excluding carboxylic acids is 1. The molecule has 0 bridgehead atoms. The number of anilines is 1. The molecule has 2 aromatic rings. The van der Waals surface area contributed by atoms with E-state index in [1.165, 1.54) is 0 Å². The Morgan fingerprint density at radius 1 is 1.24 bits per heavy atom. The molecule has 0 saturated carbocycles. The zero-order valence-electron chi connectivity index (χ0n) is 12.2. The second-order valence-corrected chi connectivity index (χ2v) is 4.74. The first-order chi connectivity index (χ1) is 10.1. The van der Waals surface area contributed by atoms with E-state index >= 15 is 0 Å². The highest BCUT2D eigenvalue weighted by Gasteiger charge is 2.09. The third-order valence-electron chi connectivity index (χ3n) is 3.07. The smallest absolute Gasteiger partial charge is 0.255 e. The van der Waals surface area contributed by atoms with Crippen molar-refractivity contribution in [3.8, 4) is 5.75 Å². The number of nitrogens with one attached hydrogen (secondary N) is 1. The molecule has 0 aliphatic rings. The molecule has 0 aromatic heterocycles. The summed E-state index contributed by atoms with van der Waals surface area (Å²) in [4.78, 5) is 12.2. The summed E-state index contributed by atoms with van der Waals surface area (Å²) in [7, 11) is 0. The first kappa shape index (κ1) is 15.1. The molecule has 0 heterocycles. The quantitative estimate of drug-likeness (QED) is 0.887. The molecular weight excluding hydrogens is 266 g/mol. The van der Waals surface area contributed by atoms with Gasteiger partial charge < -0.3 is 15.2 Å². The summed E-state index contributed by atoms with van der Waals surface area (Å²) >= 11 is 0. The summed E-state index contributed by atoms with van der Waals surface area (Å²) in [5.74, 6) is 0.459. The number of carbonyl (C=O) groups is 1. The van der Waals surface area contributed by atoms with Crippen LogP contribution in [0.5, 0.6) is 5.75 Å². The second kappa shape index (κ2) is 6.90. The van der Waals surface area contributed by atoms with E-state index in [2.05, 4.69) is 5.32 Å². The van der Waals surface area contributed by atoms with Crippen LogP contribution < -0.4 is 10.1 Å². The SMILES string of the molecule is CCOc1ccc(NC(=O)c2cccc(C)c2)cc1CO. The Kier molecular flexibility index (Phi) is 4.95. The summed E-state index contributed by atoms with van der Waals surface area (Å²) in [5, 5.41) is 12.2. The fraction of sp³-hybridized carbons (Fsp3) is 0.235. The molecule has 4 heteroatoms. The highest BCUT2D eigenvalue weighted by molar-refractivity contribution is 6.04. The lowest BCUT2D eigenvalue weighted by Crippen LogP contribution is -2.12. The molecule has 0 aliphatic carbocycles. The first-order valence-electron chi connectivity index (χ1n) is 6.88. The molecule has 0 aliphatic heterocycles. The van der Waals surface area contributed by atoms with E-state index < -0.39 is 0 Å². The van der Waals surface area contributed by atoms with Crippen LogP contribution in [0.15, 0.2) is 42.5 Å². The molecule has 1 amide bonds. The number of aryl methyl sites for hydroxylation is 1. The van der Waals surface area contributed by atoms with Crippen molar-refractivity contribution in [2.75, 3.05) is 11.9 Å². The Balaban J connectivity index is 2.17. The van der Waals surface area contributed by atoms with Gasteiger partial charge in [0.05, 0.1) is 13.2 Å². The highest BCUT2D eigenvalue weighted by Crippen LogP contribution is 2.23. The Labute approximate surface area is 124 Å². The van der Waals surface area contributed by atoms with E-state index in [1.54, 1.807) is 24.3 Å². The minimum atomic E-state index is -0.174. The van der Waals surface area contributed by atoms with Crippen LogP contribution in [0.3, 0.4) is 0 Å². The molecule has 0 spiro atoms. The number of benzene rings is 2. The van der Waals surface area contributed by atoms with Crippen LogP contribution in [-0.4, -0.2) is 17.6 Å². The summed E-state index contributed by atoms with van der Waals surface area (Å²) < 4.78 is 5.42. The second-order valence-electron chi connectivity index (χ2n) is 4.74. The van der Waals surface area contributed by atoms with E-state index in [9.17, 15) is 9.90 Å². The maximum Gasteiger partial charge on any atom is 0.255 e. The van der Waals surface area contributed by atoms with Crippen LogP contribution >= 0.6 is 0 Å². The lowest BCUT2D eigenvalue weighted by atomic mass is 10.1. The van der Waals surface area contributed by atoms with Crippen LogP contribution in [0.2, 0.25) is 0 Å². The third kappa shape index (κ3) is 3.83. The fourth-order valence-corrected chi connectivity index (χ4v) is 2.07. The van der Waals surface area contributed by atoms with Gasteiger partial charge in [-0.25, -0.2) is 0 Å². The minimum Gasteiger partial charge on any atom is -0.494 e. The lowest BCUT2D eigenvalue weighted by Gasteiger charge is -2.11. The topological polar surface area (TPSA) is 58.6 Å². The zero-order chi connectivity index (χ0) is 15.2. The van der Waals surface area contributed by atoms with E-state index in [4.69, 9.17) is 4.74 Å². The maximum absolute atomic E-state index is 12.2. The number of rotatable bonds is 5. The van der Waals surface area contributed by atoms with Crippen molar-refractivity contribution in [1.29, 1.82) is 0 Å². The van der Waals surface area contributed by atoms with Gasteiger partial charge in [0.25, 0.3) is 5.91 Å². The molecule has 21 heavy (non-hydrogen) atoms. The van der Waals surface area contributed by atoms with E-state index in [0.29, 0.717) is 29.2 Å². The number of aliphatic hydroxyl groups excluding tert-OH is 1. The van der Waals surface area contributed by atoms with Gasteiger partial charge >= 0.3 is 0 Å². The molecule has 0 fully saturated rings. The van der Waals surface area contributed by atoms with Crippen LogP contribution in [0, 0.1) is 6.92 Å². The van der Waals surface area contributed by atoms with Crippen LogP contribution in [0.4, 0.5) is 5.69 Å². The summed E-state index contributed by atoms with van der Waals surface area (Å²) in [6.07, 6.45) is 0. The Bertz CT molecular complexity index is 638. The number of hydrogen-bond donors (Lipinski definition) is 2. The maximum atomic E-state index is 12.2. The van der Waals surface area contributed by atoms with Gasteiger partial charge in [-0.15, -0.1) is 0 Å². The van der Waals surface area contributed by atoms with Crippen molar-refractivity contribution in [1.82, 2.24) is 0 Å². The van der Waals surface area contributed by atoms with Gasteiger partial charge in [-0.1, -0.05) is 17.7 Å².